The molecule has 4 rings (SSSR count). The zero-order valence-corrected chi connectivity index (χ0v) is 17.7. The lowest BCUT2D eigenvalue weighted by Gasteiger charge is -2.11. The van der Waals surface area contributed by atoms with Crippen LogP contribution >= 0.6 is 22.9 Å². The molecule has 0 radical (unpaired) electrons. The van der Waals surface area contributed by atoms with E-state index in [-0.39, 0.29) is 16.4 Å². The zero-order valence-electron chi connectivity index (χ0n) is 16.1. The molecular formula is C22H15ClF2N4OS. The molecule has 2 aromatic heterocycles. The minimum atomic E-state index is -0.785. The van der Waals surface area contributed by atoms with Crippen molar-refractivity contribution >= 4 is 40.3 Å². The average molecular weight is 457 g/mol. The number of amides is 2. The molecule has 2 N–H and O–H groups in total. The number of carbonyl (C=O) groups is 1. The number of pyridine rings is 1. The predicted molar refractivity (Wildman–Crippen MR) is 120 cm³/mol. The number of urea groups is 1. The maximum absolute atomic E-state index is 14.4. The summed E-state index contributed by atoms with van der Waals surface area (Å²) in [7, 11) is 0. The number of anilines is 2. The van der Waals surface area contributed by atoms with Crippen LogP contribution in [0, 0.1) is 18.6 Å². The summed E-state index contributed by atoms with van der Waals surface area (Å²) in [4.78, 5) is 21.7. The first-order valence-corrected chi connectivity index (χ1v) is 10.3. The van der Waals surface area contributed by atoms with Gasteiger partial charge in [-0.25, -0.2) is 18.6 Å². The van der Waals surface area contributed by atoms with Crippen LogP contribution in [0.3, 0.4) is 0 Å². The Bertz CT molecular complexity index is 1260. The zero-order chi connectivity index (χ0) is 22.0. The van der Waals surface area contributed by atoms with Crippen LogP contribution in [0.1, 0.15) is 5.01 Å². The number of hydrogen-bond donors (Lipinski definition) is 2. The highest BCUT2D eigenvalue weighted by Gasteiger charge is 2.16. The van der Waals surface area contributed by atoms with Gasteiger partial charge < -0.3 is 10.6 Å². The third-order valence-corrected chi connectivity index (χ3v) is 5.60. The molecule has 156 valence electrons. The smallest absolute Gasteiger partial charge is 0.305 e. The number of aryl methyl sites for hydroxylation is 1. The van der Waals surface area contributed by atoms with Crippen molar-refractivity contribution < 1.29 is 13.6 Å². The molecule has 0 spiro atoms. The molecule has 0 atom stereocenters. The molecule has 4 aromatic rings. The SMILES string of the molecule is Cc1nc(-c2ccncc2)c(-c2ccc(F)c(NC(=O)Nc3ccc(Cl)cc3F)c2)s1. The predicted octanol–water partition coefficient (Wildman–Crippen LogP) is 6.76. The highest BCUT2D eigenvalue weighted by atomic mass is 35.5. The number of rotatable bonds is 4. The Kier molecular flexibility index (Phi) is 5.92. The van der Waals surface area contributed by atoms with Crippen LogP contribution in [0.15, 0.2) is 60.9 Å². The van der Waals surface area contributed by atoms with Gasteiger partial charge >= 0.3 is 6.03 Å². The van der Waals surface area contributed by atoms with Gasteiger partial charge in [-0.3, -0.25) is 4.98 Å². The van der Waals surface area contributed by atoms with E-state index < -0.39 is 17.7 Å². The summed E-state index contributed by atoms with van der Waals surface area (Å²) in [6.07, 6.45) is 3.34. The van der Waals surface area contributed by atoms with Gasteiger partial charge in [0.2, 0.25) is 0 Å². The maximum Gasteiger partial charge on any atom is 0.323 e. The Morgan fingerprint density at radius 1 is 0.935 bits per heavy atom. The van der Waals surface area contributed by atoms with Crippen molar-refractivity contribution in [1.82, 2.24) is 9.97 Å². The summed E-state index contributed by atoms with van der Waals surface area (Å²) >= 11 is 7.17. The van der Waals surface area contributed by atoms with Crippen LogP contribution in [0.25, 0.3) is 21.7 Å². The number of nitrogens with one attached hydrogen (secondary N) is 2. The molecule has 0 saturated carbocycles. The fourth-order valence-corrected chi connectivity index (χ4v) is 4.05. The average Bonchev–Trinajstić information content (AvgIpc) is 3.14. The number of carbonyl (C=O) groups excluding carboxylic acids is 1. The summed E-state index contributed by atoms with van der Waals surface area (Å²) in [5.74, 6) is -1.32. The normalized spacial score (nSPS) is 10.7. The first-order valence-electron chi connectivity index (χ1n) is 9.11. The topological polar surface area (TPSA) is 66.9 Å². The van der Waals surface area contributed by atoms with E-state index in [4.69, 9.17) is 11.6 Å². The number of benzene rings is 2. The summed E-state index contributed by atoms with van der Waals surface area (Å²) < 4.78 is 28.3. The molecule has 2 aromatic carbocycles. The third-order valence-electron chi connectivity index (χ3n) is 4.34. The van der Waals surface area contributed by atoms with Crippen molar-refractivity contribution in [2.45, 2.75) is 6.92 Å². The molecule has 0 saturated heterocycles. The van der Waals surface area contributed by atoms with Gasteiger partial charge in [0.05, 0.1) is 27.0 Å². The second-order valence-electron chi connectivity index (χ2n) is 6.54. The van der Waals surface area contributed by atoms with E-state index in [0.717, 1.165) is 27.2 Å². The number of hydrogen-bond acceptors (Lipinski definition) is 4. The largest absolute Gasteiger partial charge is 0.323 e. The van der Waals surface area contributed by atoms with Crippen LogP contribution in [0.4, 0.5) is 25.0 Å². The molecule has 5 nitrogen and oxygen atoms in total. The Balaban J connectivity index is 1.62. The molecule has 31 heavy (non-hydrogen) atoms. The lowest BCUT2D eigenvalue weighted by atomic mass is 10.1. The molecule has 2 amide bonds. The van der Waals surface area contributed by atoms with Gasteiger partial charge in [0.1, 0.15) is 11.6 Å². The number of halogens is 3. The first-order chi connectivity index (χ1) is 14.9. The number of aromatic nitrogens is 2. The lowest BCUT2D eigenvalue weighted by molar-refractivity contribution is 0.262. The summed E-state index contributed by atoms with van der Waals surface area (Å²) in [6.45, 7) is 1.88. The molecule has 2 heterocycles. The Labute approximate surface area is 185 Å². The van der Waals surface area contributed by atoms with Crippen molar-refractivity contribution in [2.75, 3.05) is 10.6 Å². The van der Waals surface area contributed by atoms with Gasteiger partial charge in [0, 0.05) is 23.0 Å². The van der Waals surface area contributed by atoms with E-state index in [0.29, 0.717) is 5.56 Å². The third kappa shape index (κ3) is 4.70. The lowest BCUT2D eigenvalue weighted by Crippen LogP contribution is -2.20. The van der Waals surface area contributed by atoms with Crippen molar-refractivity contribution in [3.63, 3.8) is 0 Å². The van der Waals surface area contributed by atoms with Crippen LogP contribution in [0.2, 0.25) is 5.02 Å². The van der Waals surface area contributed by atoms with E-state index >= 15 is 0 Å². The molecule has 0 bridgehead atoms. The number of thiazole rings is 1. The van der Waals surface area contributed by atoms with E-state index in [2.05, 4.69) is 20.6 Å². The van der Waals surface area contributed by atoms with Gasteiger partial charge in [-0.05, 0) is 55.0 Å². The minimum absolute atomic E-state index is 0.0453. The summed E-state index contributed by atoms with van der Waals surface area (Å²) in [6, 6.07) is 11.1. The van der Waals surface area contributed by atoms with Crippen LogP contribution in [0.5, 0.6) is 0 Å². The quantitative estimate of drug-likeness (QED) is 0.356. The Hall–Kier alpha value is -3.36. The van der Waals surface area contributed by atoms with Crippen LogP contribution < -0.4 is 10.6 Å². The minimum Gasteiger partial charge on any atom is -0.305 e. The monoisotopic (exact) mass is 456 g/mol. The molecular weight excluding hydrogens is 442 g/mol. The Morgan fingerprint density at radius 3 is 2.42 bits per heavy atom. The van der Waals surface area contributed by atoms with E-state index in [1.54, 1.807) is 18.5 Å². The standard InChI is InChI=1S/C22H15ClF2N4OS/c1-12-27-20(13-6-8-26-9-7-13)21(31-12)14-2-4-16(24)19(10-14)29-22(30)28-18-5-3-15(23)11-17(18)25/h2-11H,1H3,(H2,28,29,30). The summed E-state index contributed by atoms with van der Waals surface area (Å²) in [5, 5.41) is 5.82. The van der Waals surface area contributed by atoms with Crippen molar-refractivity contribution in [3.8, 4) is 21.7 Å². The highest BCUT2D eigenvalue weighted by Crippen LogP contribution is 2.37. The van der Waals surface area contributed by atoms with E-state index in [1.807, 2.05) is 19.1 Å². The van der Waals surface area contributed by atoms with Gasteiger partial charge in [0.15, 0.2) is 0 Å². The molecule has 0 aliphatic heterocycles. The highest BCUT2D eigenvalue weighted by molar-refractivity contribution is 7.15. The summed E-state index contributed by atoms with van der Waals surface area (Å²) in [5.41, 5.74) is 2.19. The van der Waals surface area contributed by atoms with E-state index in [9.17, 15) is 13.6 Å². The molecule has 0 aliphatic carbocycles. The van der Waals surface area contributed by atoms with Gasteiger partial charge in [0.25, 0.3) is 0 Å². The second kappa shape index (κ2) is 8.79. The van der Waals surface area contributed by atoms with Gasteiger partial charge in [-0.2, -0.15) is 0 Å². The van der Waals surface area contributed by atoms with Gasteiger partial charge in [-0.15, -0.1) is 11.3 Å². The van der Waals surface area contributed by atoms with Crippen molar-refractivity contribution in [1.29, 1.82) is 0 Å². The fourth-order valence-electron chi connectivity index (χ4n) is 2.96. The van der Waals surface area contributed by atoms with Crippen LogP contribution in [-0.2, 0) is 0 Å². The molecule has 0 aliphatic rings. The Morgan fingerprint density at radius 2 is 1.68 bits per heavy atom. The molecule has 9 heteroatoms. The fraction of sp³-hybridized carbons (Fsp3) is 0.0455. The molecule has 0 unspecified atom stereocenters. The first kappa shape index (κ1) is 20.9. The molecule has 0 fully saturated rings. The van der Waals surface area contributed by atoms with Gasteiger partial charge in [-0.1, -0.05) is 17.7 Å². The number of nitrogens with zero attached hydrogens (tertiary/aromatic N) is 2. The second-order valence-corrected chi connectivity index (χ2v) is 8.18. The maximum atomic E-state index is 14.4. The van der Waals surface area contributed by atoms with Crippen molar-refractivity contribution in [3.05, 3.63) is 82.6 Å². The van der Waals surface area contributed by atoms with E-state index in [1.165, 1.54) is 35.6 Å². The van der Waals surface area contributed by atoms with Crippen LogP contribution in [-0.4, -0.2) is 16.0 Å². The van der Waals surface area contributed by atoms with Crippen molar-refractivity contribution in [2.24, 2.45) is 0 Å².